The highest BCUT2D eigenvalue weighted by atomic mass is 79.9. The summed E-state index contributed by atoms with van der Waals surface area (Å²) in [5, 5.41) is 10.4. The topological polar surface area (TPSA) is 46.2 Å². The van der Waals surface area contributed by atoms with E-state index in [0.717, 1.165) is 23.7 Å². The van der Waals surface area contributed by atoms with Crippen LogP contribution in [0, 0.1) is 0 Å². The molecule has 3 N–H and O–H groups in total. The zero-order valence-electron chi connectivity index (χ0n) is 6.76. The number of rotatable bonds is 3. The molecule has 1 aromatic carbocycles. The minimum absolute atomic E-state index is 0.302. The molecule has 0 saturated carbocycles. The van der Waals surface area contributed by atoms with Gasteiger partial charge in [0.25, 0.3) is 0 Å². The summed E-state index contributed by atoms with van der Waals surface area (Å²) in [5.41, 5.74) is 7.06. The van der Waals surface area contributed by atoms with Crippen LogP contribution in [0.4, 0.5) is 5.69 Å². The fourth-order valence-electron chi connectivity index (χ4n) is 1.05. The summed E-state index contributed by atoms with van der Waals surface area (Å²) in [6.07, 6.45) is 1.91. The SMILES string of the molecule is Nc1ccc(CCCBr)c(O)c1. The van der Waals surface area contributed by atoms with Crippen molar-refractivity contribution in [3.05, 3.63) is 23.8 Å². The first-order valence-corrected chi connectivity index (χ1v) is 4.99. The van der Waals surface area contributed by atoms with E-state index in [-0.39, 0.29) is 0 Å². The number of alkyl halides is 1. The lowest BCUT2D eigenvalue weighted by atomic mass is 10.1. The molecule has 0 amide bonds. The summed E-state index contributed by atoms with van der Waals surface area (Å²) < 4.78 is 0. The number of phenols is 1. The molecule has 0 heterocycles. The fourth-order valence-corrected chi connectivity index (χ4v) is 1.33. The van der Waals surface area contributed by atoms with E-state index < -0.39 is 0 Å². The Morgan fingerprint density at radius 2 is 2.17 bits per heavy atom. The second-order valence-electron chi connectivity index (χ2n) is 2.68. The van der Waals surface area contributed by atoms with E-state index >= 15 is 0 Å². The molecule has 0 spiro atoms. The second kappa shape index (κ2) is 4.36. The Hall–Kier alpha value is -0.700. The third-order valence-electron chi connectivity index (χ3n) is 1.69. The number of aromatic hydroxyl groups is 1. The van der Waals surface area contributed by atoms with Gasteiger partial charge in [0.05, 0.1) is 0 Å². The quantitative estimate of drug-likeness (QED) is 0.618. The molecule has 2 nitrogen and oxygen atoms in total. The van der Waals surface area contributed by atoms with Crippen molar-refractivity contribution in [1.82, 2.24) is 0 Å². The van der Waals surface area contributed by atoms with Gasteiger partial charge in [-0.1, -0.05) is 22.0 Å². The van der Waals surface area contributed by atoms with Crippen LogP contribution in [-0.2, 0) is 6.42 Å². The van der Waals surface area contributed by atoms with Crippen LogP contribution in [0.1, 0.15) is 12.0 Å². The summed E-state index contributed by atoms with van der Waals surface area (Å²) in [6.45, 7) is 0. The minimum Gasteiger partial charge on any atom is -0.508 e. The monoisotopic (exact) mass is 229 g/mol. The second-order valence-corrected chi connectivity index (χ2v) is 3.47. The van der Waals surface area contributed by atoms with Gasteiger partial charge in [0.2, 0.25) is 0 Å². The van der Waals surface area contributed by atoms with Gasteiger partial charge in [-0.3, -0.25) is 0 Å². The standard InChI is InChI=1S/C9H12BrNO/c10-5-1-2-7-3-4-8(11)6-9(7)12/h3-4,6,12H,1-2,5,11H2. The highest BCUT2D eigenvalue weighted by Crippen LogP contribution is 2.21. The number of halogens is 1. The van der Waals surface area contributed by atoms with Crippen molar-refractivity contribution in [2.24, 2.45) is 0 Å². The number of hydrogen-bond donors (Lipinski definition) is 2. The Labute approximate surface area is 80.5 Å². The summed E-state index contributed by atoms with van der Waals surface area (Å²) >= 11 is 3.34. The third-order valence-corrected chi connectivity index (χ3v) is 2.25. The van der Waals surface area contributed by atoms with Crippen LogP contribution in [-0.4, -0.2) is 10.4 Å². The molecule has 0 saturated heterocycles. The van der Waals surface area contributed by atoms with E-state index in [0.29, 0.717) is 11.4 Å². The van der Waals surface area contributed by atoms with Gasteiger partial charge < -0.3 is 10.8 Å². The first-order valence-electron chi connectivity index (χ1n) is 3.87. The molecule has 12 heavy (non-hydrogen) atoms. The summed E-state index contributed by atoms with van der Waals surface area (Å²) in [5.74, 6) is 0.302. The highest BCUT2D eigenvalue weighted by molar-refractivity contribution is 9.09. The molecule has 0 aliphatic heterocycles. The number of anilines is 1. The normalized spacial score (nSPS) is 10.1. The van der Waals surface area contributed by atoms with Crippen molar-refractivity contribution in [2.45, 2.75) is 12.8 Å². The van der Waals surface area contributed by atoms with Gasteiger partial charge in [0.15, 0.2) is 0 Å². The smallest absolute Gasteiger partial charge is 0.120 e. The van der Waals surface area contributed by atoms with E-state index in [1.165, 1.54) is 0 Å². The number of nitrogens with two attached hydrogens (primary N) is 1. The molecule has 0 aromatic heterocycles. The Morgan fingerprint density at radius 1 is 1.42 bits per heavy atom. The molecule has 3 heteroatoms. The third kappa shape index (κ3) is 2.41. The predicted octanol–water partition coefficient (Wildman–Crippen LogP) is 2.30. The maximum atomic E-state index is 9.42. The predicted molar refractivity (Wildman–Crippen MR) is 54.6 cm³/mol. The minimum atomic E-state index is 0.302. The molecular weight excluding hydrogens is 218 g/mol. The number of aryl methyl sites for hydroxylation is 1. The summed E-state index contributed by atoms with van der Waals surface area (Å²) in [4.78, 5) is 0. The molecule has 1 aromatic rings. The van der Waals surface area contributed by atoms with Gasteiger partial charge in [0, 0.05) is 17.1 Å². The molecule has 0 aliphatic carbocycles. The van der Waals surface area contributed by atoms with Crippen LogP contribution >= 0.6 is 15.9 Å². The zero-order chi connectivity index (χ0) is 8.97. The van der Waals surface area contributed by atoms with Crippen molar-refractivity contribution in [2.75, 3.05) is 11.1 Å². The number of benzene rings is 1. The summed E-state index contributed by atoms with van der Waals surface area (Å²) in [7, 11) is 0. The number of phenolic OH excluding ortho intramolecular Hbond substituents is 1. The maximum Gasteiger partial charge on any atom is 0.120 e. The first-order chi connectivity index (χ1) is 5.74. The van der Waals surface area contributed by atoms with Gasteiger partial charge in [-0.25, -0.2) is 0 Å². The zero-order valence-corrected chi connectivity index (χ0v) is 8.34. The van der Waals surface area contributed by atoms with E-state index in [1.54, 1.807) is 6.07 Å². The van der Waals surface area contributed by atoms with Crippen molar-refractivity contribution in [3.63, 3.8) is 0 Å². The van der Waals surface area contributed by atoms with Crippen molar-refractivity contribution in [1.29, 1.82) is 0 Å². The van der Waals surface area contributed by atoms with E-state index in [2.05, 4.69) is 15.9 Å². The molecule has 0 atom stereocenters. The Morgan fingerprint density at radius 3 is 2.75 bits per heavy atom. The first kappa shape index (κ1) is 9.39. The lowest BCUT2D eigenvalue weighted by Crippen LogP contribution is -1.89. The average Bonchev–Trinajstić information content (AvgIpc) is 2.03. The fraction of sp³-hybridized carbons (Fsp3) is 0.333. The van der Waals surface area contributed by atoms with Crippen LogP contribution in [0.2, 0.25) is 0 Å². The molecule has 0 radical (unpaired) electrons. The van der Waals surface area contributed by atoms with Crippen molar-refractivity contribution < 1.29 is 5.11 Å². The van der Waals surface area contributed by atoms with Gasteiger partial charge in [-0.15, -0.1) is 0 Å². The van der Waals surface area contributed by atoms with Crippen LogP contribution in [0.15, 0.2) is 18.2 Å². The molecule has 0 aliphatic rings. The van der Waals surface area contributed by atoms with Crippen LogP contribution in [0.3, 0.4) is 0 Å². The highest BCUT2D eigenvalue weighted by Gasteiger charge is 1.99. The average molecular weight is 230 g/mol. The molecule has 0 fully saturated rings. The van der Waals surface area contributed by atoms with Crippen LogP contribution in [0.5, 0.6) is 5.75 Å². The number of nitrogen functional groups attached to an aromatic ring is 1. The molecule has 66 valence electrons. The van der Waals surface area contributed by atoms with Gasteiger partial charge in [-0.05, 0) is 24.5 Å². The van der Waals surface area contributed by atoms with Gasteiger partial charge in [0.1, 0.15) is 5.75 Å². The van der Waals surface area contributed by atoms with Gasteiger partial charge >= 0.3 is 0 Å². The van der Waals surface area contributed by atoms with Crippen molar-refractivity contribution in [3.8, 4) is 5.75 Å². The molecule has 0 unspecified atom stereocenters. The van der Waals surface area contributed by atoms with Crippen molar-refractivity contribution >= 4 is 21.6 Å². The lowest BCUT2D eigenvalue weighted by molar-refractivity contribution is 0.468. The van der Waals surface area contributed by atoms with E-state index in [9.17, 15) is 5.11 Å². The largest absolute Gasteiger partial charge is 0.508 e. The summed E-state index contributed by atoms with van der Waals surface area (Å²) in [6, 6.07) is 5.26. The van der Waals surface area contributed by atoms with Crippen LogP contribution < -0.4 is 5.73 Å². The molecule has 1 rings (SSSR count). The Balaban J connectivity index is 2.72. The van der Waals surface area contributed by atoms with E-state index in [4.69, 9.17) is 5.73 Å². The number of hydrogen-bond acceptors (Lipinski definition) is 2. The van der Waals surface area contributed by atoms with Gasteiger partial charge in [-0.2, -0.15) is 0 Å². The molecular formula is C9H12BrNO. The lowest BCUT2D eigenvalue weighted by Gasteiger charge is -2.03. The van der Waals surface area contributed by atoms with E-state index in [1.807, 2.05) is 12.1 Å². The molecule has 0 bridgehead atoms. The van der Waals surface area contributed by atoms with Crippen LogP contribution in [0.25, 0.3) is 0 Å². The maximum absolute atomic E-state index is 9.42. The Kier molecular flexibility index (Phi) is 3.41. The Bertz CT molecular complexity index is 263.